The maximum Gasteiger partial charge on any atom is 0.261 e. The highest BCUT2D eigenvalue weighted by molar-refractivity contribution is 7.21. The molecule has 1 unspecified atom stereocenters. The average molecular weight is 441 g/mol. The third-order valence-electron chi connectivity index (χ3n) is 5.97. The van der Waals surface area contributed by atoms with E-state index in [4.69, 9.17) is 4.74 Å². The van der Waals surface area contributed by atoms with E-state index in [1.54, 1.807) is 18.4 Å². The van der Waals surface area contributed by atoms with Crippen LogP contribution in [-0.4, -0.2) is 54.4 Å². The summed E-state index contributed by atoms with van der Waals surface area (Å²) >= 11 is 1.60. The third kappa shape index (κ3) is 4.68. The largest absolute Gasteiger partial charge is 0.383 e. The van der Waals surface area contributed by atoms with Crippen LogP contribution >= 0.6 is 11.3 Å². The summed E-state index contributed by atoms with van der Waals surface area (Å²) in [6, 6.07) is 8.38. The van der Waals surface area contributed by atoms with Crippen molar-refractivity contribution in [3.8, 4) is 0 Å². The average Bonchev–Trinajstić information content (AvgIpc) is 3.45. The van der Waals surface area contributed by atoms with Crippen molar-refractivity contribution in [2.24, 2.45) is 0 Å². The van der Waals surface area contributed by atoms with Gasteiger partial charge in [0.25, 0.3) is 5.91 Å². The lowest BCUT2D eigenvalue weighted by Crippen LogP contribution is -2.27. The van der Waals surface area contributed by atoms with E-state index in [9.17, 15) is 4.79 Å². The van der Waals surface area contributed by atoms with Crippen LogP contribution in [0.15, 0.2) is 30.5 Å². The lowest BCUT2D eigenvalue weighted by Gasteiger charge is -2.21. The highest BCUT2D eigenvalue weighted by Gasteiger charge is 2.31. The number of carbonyl (C=O) groups is 1. The van der Waals surface area contributed by atoms with Crippen LogP contribution in [0.5, 0.6) is 0 Å². The molecule has 1 saturated heterocycles. The number of methoxy groups -OCH3 is 1. The van der Waals surface area contributed by atoms with Crippen molar-refractivity contribution in [1.82, 2.24) is 20.4 Å². The second-order valence-electron chi connectivity index (χ2n) is 9.33. The van der Waals surface area contributed by atoms with Crippen molar-refractivity contribution in [2.75, 3.05) is 33.4 Å². The Morgan fingerprint density at radius 1 is 1.35 bits per heavy atom. The Hall–Kier alpha value is -2.22. The number of hydrogen-bond donors (Lipinski definition) is 2. The first kappa shape index (κ1) is 22.0. The normalized spacial score (nSPS) is 17.5. The molecule has 1 aliphatic rings. The number of fused-ring (bicyclic) bond motifs is 1. The Morgan fingerprint density at radius 3 is 2.94 bits per heavy atom. The number of thiophene rings is 1. The Balaban J connectivity index is 1.56. The molecule has 1 atom stereocenters. The number of nitrogens with zero attached hydrogens (tertiary/aromatic N) is 2. The summed E-state index contributed by atoms with van der Waals surface area (Å²) in [7, 11) is 1.65. The maximum atomic E-state index is 13.0. The molecule has 31 heavy (non-hydrogen) atoms. The number of aromatic nitrogens is 2. The standard InChI is InChI=1S/C24H32N4O2S/c1-24(2,3)22-17(13-26-27-22)15-28-11-9-16(14-28)20-18-7-5-6-8-19(18)31-21(20)23(29)25-10-12-30-4/h5-8,13,16H,9-12,14-15H2,1-4H3,(H,25,29)(H,26,27). The minimum absolute atomic E-state index is 0.0107. The smallest absolute Gasteiger partial charge is 0.261 e. The van der Waals surface area contributed by atoms with Crippen LogP contribution in [0.2, 0.25) is 0 Å². The molecular formula is C24H32N4O2S. The van der Waals surface area contributed by atoms with E-state index in [-0.39, 0.29) is 11.3 Å². The number of nitrogens with one attached hydrogen (secondary N) is 2. The van der Waals surface area contributed by atoms with E-state index < -0.39 is 0 Å². The molecule has 1 aliphatic heterocycles. The van der Waals surface area contributed by atoms with Crippen LogP contribution in [0.25, 0.3) is 10.1 Å². The van der Waals surface area contributed by atoms with E-state index in [1.165, 1.54) is 26.9 Å². The summed E-state index contributed by atoms with van der Waals surface area (Å²) in [5.41, 5.74) is 3.72. The van der Waals surface area contributed by atoms with Gasteiger partial charge in [0.1, 0.15) is 0 Å². The van der Waals surface area contributed by atoms with Gasteiger partial charge < -0.3 is 10.1 Å². The van der Waals surface area contributed by atoms with Crippen molar-refractivity contribution in [3.05, 3.63) is 52.2 Å². The van der Waals surface area contributed by atoms with E-state index in [0.29, 0.717) is 19.1 Å². The molecule has 7 heteroatoms. The Bertz CT molecular complexity index is 1050. The molecule has 0 bridgehead atoms. The van der Waals surface area contributed by atoms with Crippen molar-refractivity contribution in [3.63, 3.8) is 0 Å². The van der Waals surface area contributed by atoms with Crippen LogP contribution in [0.1, 0.15) is 59.6 Å². The van der Waals surface area contributed by atoms with Gasteiger partial charge in [-0.1, -0.05) is 39.0 Å². The van der Waals surface area contributed by atoms with Crippen LogP contribution in [0.3, 0.4) is 0 Å². The predicted molar refractivity (Wildman–Crippen MR) is 126 cm³/mol. The first-order chi connectivity index (χ1) is 14.9. The molecular weight excluding hydrogens is 408 g/mol. The predicted octanol–water partition coefficient (Wildman–Crippen LogP) is 4.29. The highest BCUT2D eigenvalue weighted by atomic mass is 32.1. The van der Waals surface area contributed by atoms with Crippen LogP contribution in [-0.2, 0) is 16.7 Å². The van der Waals surface area contributed by atoms with Crippen LogP contribution < -0.4 is 5.32 Å². The van der Waals surface area contributed by atoms with Gasteiger partial charge in [0, 0.05) is 54.0 Å². The van der Waals surface area contributed by atoms with Gasteiger partial charge in [0.2, 0.25) is 0 Å². The Labute approximate surface area is 188 Å². The fraction of sp³-hybridized carbons (Fsp3) is 0.500. The second-order valence-corrected chi connectivity index (χ2v) is 10.4. The van der Waals surface area contributed by atoms with Crippen LogP contribution in [0, 0.1) is 0 Å². The third-order valence-corrected chi connectivity index (χ3v) is 7.16. The maximum absolute atomic E-state index is 13.0. The number of H-pyrrole nitrogens is 1. The quantitative estimate of drug-likeness (QED) is 0.538. The number of carbonyl (C=O) groups excluding carboxylic acids is 1. The van der Waals surface area contributed by atoms with Gasteiger partial charge in [0.15, 0.2) is 0 Å². The molecule has 1 amide bonds. The number of likely N-dealkylation sites (tertiary alicyclic amines) is 1. The Morgan fingerprint density at radius 2 is 2.16 bits per heavy atom. The van der Waals surface area contributed by atoms with Gasteiger partial charge in [-0.15, -0.1) is 11.3 Å². The first-order valence-electron chi connectivity index (χ1n) is 10.9. The topological polar surface area (TPSA) is 70.2 Å². The SMILES string of the molecule is COCCNC(=O)c1sc2ccccc2c1C1CCN(Cc2cn[nH]c2C(C)(C)C)C1. The number of amides is 1. The molecule has 6 nitrogen and oxygen atoms in total. The fourth-order valence-corrected chi connectivity index (χ4v) is 5.73. The summed E-state index contributed by atoms with van der Waals surface area (Å²) in [5, 5.41) is 11.7. The lowest BCUT2D eigenvalue weighted by molar-refractivity contribution is 0.0940. The Kier molecular flexibility index (Phi) is 6.46. The number of hydrogen-bond acceptors (Lipinski definition) is 5. The molecule has 0 spiro atoms. The number of ether oxygens (including phenoxy) is 1. The zero-order valence-corrected chi connectivity index (χ0v) is 19.6. The summed E-state index contributed by atoms with van der Waals surface area (Å²) in [4.78, 5) is 16.3. The van der Waals surface area contributed by atoms with Gasteiger partial charge >= 0.3 is 0 Å². The van der Waals surface area contributed by atoms with Gasteiger partial charge in [-0.3, -0.25) is 14.8 Å². The van der Waals surface area contributed by atoms with Crippen molar-refractivity contribution in [1.29, 1.82) is 0 Å². The number of aromatic amines is 1. The zero-order chi connectivity index (χ0) is 22.0. The minimum atomic E-state index is 0.0107. The molecule has 2 aromatic heterocycles. The van der Waals surface area contributed by atoms with Crippen molar-refractivity contribution < 1.29 is 9.53 Å². The molecule has 0 radical (unpaired) electrons. The second kappa shape index (κ2) is 9.10. The summed E-state index contributed by atoms with van der Waals surface area (Å²) in [6.45, 7) is 10.5. The molecule has 0 aliphatic carbocycles. The molecule has 2 N–H and O–H groups in total. The number of benzene rings is 1. The van der Waals surface area contributed by atoms with Gasteiger partial charge in [-0.2, -0.15) is 5.10 Å². The van der Waals surface area contributed by atoms with Crippen molar-refractivity contribution in [2.45, 2.75) is 45.1 Å². The molecule has 1 aromatic carbocycles. The van der Waals surface area contributed by atoms with E-state index in [1.807, 2.05) is 12.3 Å². The van der Waals surface area contributed by atoms with E-state index >= 15 is 0 Å². The fourth-order valence-electron chi connectivity index (χ4n) is 4.52. The molecule has 0 saturated carbocycles. The number of rotatable bonds is 7. The monoisotopic (exact) mass is 440 g/mol. The van der Waals surface area contributed by atoms with Gasteiger partial charge in [-0.25, -0.2) is 0 Å². The first-order valence-corrected chi connectivity index (χ1v) is 11.7. The molecule has 3 aromatic rings. The molecule has 4 rings (SSSR count). The molecule has 3 heterocycles. The minimum Gasteiger partial charge on any atom is -0.383 e. The van der Waals surface area contributed by atoms with Crippen molar-refractivity contribution >= 4 is 27.3 Å². The lowest BCUT2D eigenvalue weighted by atomic mass is 9.89. The van der Waals surface area contributed by atoms with Crippen LogP contribution in [0.4, 0.5) is 0 Å². The summed E-state index contributed by atoms with van der Waals surface area (Å²) < 4.78 is 6.27. The van der Waals surface area contributed by atoms with Gasteiger partial charge in [-0.05, 0) is 30.0 Å². The summed E-state index contributed by atoms with van der Waals surface area (Å²) in [5.74, 6) is 0.362. The molecule has 1 fully saturated rings. The zero-order valence-electron chi connectivity index (χ0n) is 18.8. The van der Waals surface area contributed by atoms with Gasteiger partial charge in [0.05, 0.1) is 17.7 Å². The molecule has 166 valence electrons. The highest BCUT2D eigenvalue weighted by Crippen LogP contribution is 2.40. The van der Waals surface area contributed by atoms with E-state index in [2.05, 4.69) is 59.4 Å². The summed E-state index contributed by atoms with van der Waals surface area (Å²) in [6.07, 6.45) is 3.02. The van der Waals surface area contributed by atoms with E-state index in [0.717, 1.165) is 30.9 Å².